The molecule has 0 radical (unpaired) electrons. The third kappa shape index (κ3) is 7.07. The molecule has 1 aromatic rings. The van der Waals surface area contributed by atoms with E-state index in [4.69, 9.17) is 0 Å². The highest BCUT2D eigenvalue weighted by Crippen LogP contribution is 2.30. The van der Waals surface area contributed by atoms with Gasteiger partial charge in [0.2, 0.25) is 0 Å². The molecule has 0 aliphatic carbocycles. The van der Waals surface area contributed by atoms with E-state index < -0.39 is 41.5 Å². The van der Waals surface area contributed by atoms with Crippen molar-refractivity contribution in [1.29, 1.82) is 0 Å². The van der Waals surface area contributed by atoms with Crippen molar-refractivity contribution in [1.82, 2.24) is 5.32 Å². The number of hydrogen-bond acceptors (Lipinski definition) is 4. The molecule has 5 nitrogen and oxygen atoms in total. The minimum absolute atomic E-state index is 0.0688. The van der Waals surface area contributed by atoms with E-state index in [1.165, 1.54) is 18.2 Å². The minimum atomic E-state index is -4.62. The summed E-state index contributed by atoms with van der Waals surface area (Å²) < 4.78 is 56.6. The van der Waals surface area contributed by atoms with E-state index in [2.05, 4.69) is 10.1 Å². The highest BCUT2D eigenvalue weighted by atomic mass is 32.2. The zero-order valence-corrected chi connectivity index (χ0v) is 13.5. The summed E-state index contributed by atoms with van der Waals surface area (Å²) in [5.74, 6) is -1.97. The number of carbonyl (C=O) groups is 2. The first-order chi connectivity index (χ1) is 11.2. The van der Waals surface area contributed by atoms with E-state index in [0.29, 0.717) is 11.8 Å². The molecule has 10 heteroatoms. The molecule has 0 aliphatic rings. The standard InChI is InChI=1S/C14H16F4N2O3S/c1-2-23-12(21)8-24-11(14(16,17)18)7-19-13(22)20-10-6-4-3-5-9(10)15/h3-6,11H,2,7-8H2,1H3,(H2,19,20,22). The summed E-state index contributed by atoms with van der Waals surface area (Å²) in [5.41, 5.74) is -0.155. The number of para-hydroxylation sites is 1. The second-order valence-electron chi connectivity index (χ2n) is 4.46. The molecule has 0 aromatic heterocycles. The van der Waals surface area contributed by atoms with Crippen LogP contribution in [0.5, 0.6) is 0 Å². The Morgan fingerprint density at radius 3 is 2.54 bits per heavy atom. The Morgan fingerprint density at radius 1 is 1.29 bits per heavy atom. The number of rotatable bonds is 7. The zero-order chi connectivity index (χ0) is 18.2. The van der Waals surface area contributed by atoms with Crippen LogP contribution in [-0.2, 0) is 9.53 Å². The smallest absolute Gasteiger partial charge is 0.402 e. The van der Waals surface area contributed by atoms with E-state index in [1.54, 1.807) is 6.92 Å². The van der Waals surface area contributed by atoms with Crippen molar-refractivity contribution < 1.29 is 31.9 Å². The summed E-state index contributed by atoms with van der Waals surface area (Å²) >= 11 is 0.312. The monoisotopic (exact) mass is 368 g/mol. The highest BCUT2D eigenvalue weighted by molar-refractivity contribution is 8.00. The molecular weight excluding hydrogens is 352 g/mol. The number of urea groups is 1. The van der Waals surface area contributed by atoms with Crippen LogP contribution in [0.2, 0.25) is 0 Å². The molecule has 134 valence electrons. The number of hydrogen-bond donors (Lipinski definition) is 2. The summed E-state index contributed by atoms with van der Waals surface area (Å²) in [6.45, 7) is 0.839. The van der Waals surface area contributed by atoms with Crippen molar-refractivity contribution in [3.8, 4) is 0 Å². The van der Waals surface area contributed by atoms with Crippen molar-refractivity contribution >= 4 is 29.4 Å². The van der Waals surface area contributed by atoms with Crippen LogP contribution >= 0.6 is 11.8 Å². The Kier molecular flexibility index (Phi) is 7.83. The first-order valence-electron chi connectivity index (χ1n) is 6.87. The van der Waals surface area contributed by atoms with E-state index in [-0.39, 0.29) is 12.3 Å². The Hall–Kier alpha value is -1.97. The molecule has 24 heavy (non-hydrogen) atoms. The van der Waals surface area contributed by atoms with Gasteiger partial charge in [-0.15, -0.1) is 11.8 Å². The van der Waals surface area contributed by atoms with Gasteiger partial charge in [-0.1, -0.05) is 12.1 Å². The molecule has 0 bridgehead atoms. The number of halogens is 4. The fourth-order valence-corrected chi connectivity index (χ4v) is 2.37. The molecule has 0 spiro atoms. The SMILES string of the molecule is CCOC(=O)CSC(CNC(=O)Nc1ccccc1F)C(F)(F)F. The maximum Gasteiger partial charge on any atom is 0.402 e. The van der Waals surface area contributed by atoms with Crippen molar-refractivity contribution in [3.05, 3.63) is 30.1 Å². The van der Waals surface area contributed by atoms with Crippen LogP contribution in [0.1, 0.15) is 6.92 Å². The summed E-state index contributed by atoms with van der Waals surface area (Å²) in [4.78, 5) is 22.7. The van der Waals surface area contributed by atoms with E-state index in [1.807, 2.05) is 5.32 Å². The second-order valence-corrected chi connectivity index (χ2v) is 5.65. The van der Waals surface area contributed by atoms with Crippen LogP contribution in [0.3, 0.4) is 0 Å². The average molecular weight is 368 g/mol. The Balaban J connectivity index is 2.53. The van der Waals surface area contributed by atoms with Gasteiger partial charge in [-0.25, -0.2) is 9.18 Å². The highest BCUT2D eigenvalue weighted by Gasteiger charge is 2.40. The molecule has 1 aromatic carbocycles. The molecule has 0 saturated heterocycles. The molecule has 0 fully saturated rings. The zero-order valence-electron chi connectivity index (χ0n) is 12.7. The number of alkyl halides is 3. The van der Waals surface area contributed by atoms with Gasteiger partial charge >= 0.3 is 18.2 Å². The van der Waals surface area contributed by atoms with Crippen LogP contribution in [0, 0.1) is 5.82 Å². The maximum absolute atomic E-state index is 13.3. The molecule has 1 unspecified atom stereocenters. The van der Waals surface area contributed by atoms with Gasteiger partial charge in [-0.05, 0) is 19.1 Å². The van der Waals surface area contributed by atoms with Gasteiger partial charge in [-0.3, -0.25) is 4.79 Å². The summed E-state index contributed by atoms with van der Waals surface area (Å²) in [7, 11) is 0. The summed E-state index contributed by atoms with van der Waals surface area (Å²) in [5, 5.41) is 2.13. The Bertz CT molecular complexity index is 569. The van der Waals surface area contributed by atoms with Crippen LogP contribution in [0.25, 0.3) is 0 Å². The topological polar surface area (TPSA) is 67.4 Å². The molecule has 0 saturated carbocycles. The lowest BCUT2D eigenvalue weighted by Crippen LogP contribution is -2.41. The molecular formula is C14H16F4N2O3S. The summed E-state index contributed by atoms with van der Waals surface area (Å²) in [6.07, 6.45) is -4.62. The number of benzene rings is 1. The third-order valence-corrected chi connectivity index (χ3v) is 3.88. The quantitative estimate of drug-likeness (QED) is 0.573. The molecule has 1 atom stereocenters. The van der Waals surface area contributed by atoms with Crippen LogP contribution in [0.4, 0.5) is 28.0 Å². The second kappa shape index (κ2) is 9.36. The van der Waals surface area contributed by atoms with Crippen LogP contribution < -0.4 is 10.6 Å². The van der Waals surface area contributed by atoms with Crippen LogP contribution in [-0.4, -0.2) is 42.3 Å². The van der Waals surface area contributed by atoms with Gasteiger partial charge < -0.3 is 15.4 Å². The first kappa shape index (κ1) is 20.1. The Labute approximate surface area is 140 Å². The van der Waals surface area contributed by atoms with Gasteiger partial charge in [0.25, 0.3) is 0 Å². The fraction of sp³-hybridized carbons (Fsp3) is 0.429. The summed E-state index contributed by atoms with van der Waals surface area (Å²) in [6, 6.07) is 4.26. The maximum atomic E-state index is 13.3. The lowest BCUT2D eigenvalue weighted by Gasteiger charge is -2.20. The predicted octanol–water partition coefficient (Wildman–Crippen LogP) is 3.17. The lowest BCUT2D eigenvalue weighted by atomic mass is 10.3. The molecule has 2 amide bonds. The number of anilines is 1. The fourth-order valence-electron chi connectivity index (χ4n) is 1.55. The average Bonchev–Trinajstić information content (AvgIpc) is 2.48. The number of carbonyl (C=O) groups excluding carboxylic acids is 2. The van der Waals surface area contributed by atoms with E-state index in [0.717, 1.165) is 6.07 Å². The van der Waals surface area contributed by atoms with Gasteiger partial charge in [-0.2, -0.15) is 13.2 Å². The molecule has 2 N–H and O–H groups in total. The predicted molar refractivity (Wildman–Crippen MR) is 82.4 cm³/mol. The number of esters is 1. The minimum Gasteiger partial charge on any atom is -0.465 e. The van der Waals surface area contributed by atoms with E-state index >= 15 is 0 Å². The Morgan fingerprint density at radius 2 is 1.96 bits per heavy atom. The van der Waals surface area contributed by atoms with Crippen molar-refractivity contribution in [2.75, 3.05) is 24.2 Å². The largest absolute Gasteiger partial charge is 0.465 e. The lowest BCUT2D eigenvalue weighted by molar-refractivity contribution is -0.139. The van der Waals surface area contributed by atoms with E-state index in [9.17, 15) is 27.2 Å². The van der Waals surface area contributed by atoms with Crippen LogP contribution in [0.15, 0.2) is 24.3 Å². The van der Waals surface area contributed by atoms with Gasteiger partial charge in [0, 0.05) is 6.54 Å². The van der Waals surface area contributed by atoms with Crippen molar-refractivity contribution in [2.24, 2.45) is 0 Å². The normalized spacial score (nSPS) is 12.4. The van der Waals surface area contributed by atoms with Crippen molar-refractivity contribution in [2.45, 2.75) is 18.3 Å². The van der Waals surface area contributed by atoms with Gasteiger partial charge in [0.05, 0.1) is 18.0 Å². The van der Waals surface area contributed by atoms with Gasteiger partial charge in [0.15, 0.2) is 0 Å². The number of amides is 2. The number of thioether (sulfide) groups is 1. The number of nitrogens with one attached hydrogen (secondary N) is 2. The number of ether oxygens (including phenoxy) is 1. The molecule has 0 heterocycles. The molecule has 1 rings (SSSR count). The van der Waals surface area contributed by atoms with Crippen molar-refractivity contribution in [3.63, 3.8) is 0 Å². The first-order valence-corrected chi connectivity index (χ1v) is 7.92. The molecule has 0 aliphatic heterocycles. The third-order valence-electron chi connectivity index (χ3n) is 2.64. The van der Waals surface area contributed by atoms with Gasteiger partial charge in [0.1, 0.15) is 11.1 Å².